The maximum atomic E-state index is 11.9. The predicted octanol–water partition coefficient (Wildman–Crippen LogP) is 1.17. The number of nitrogens with zero attached hydrogens (tertiary/aromatic N) is 3. The van der Waals surface area contributed by atoms with Crippen LogP contribution in [0, 0.1) is 22.7 Å². The average molecular weight is 287 g/mol. The summed E-state index contributed by atoms with van der Waals surface area (Å²) in [6.45, 7) is 1.75. The molecule has 1 amide bonds. The van der Waals surface area contributed by atoms with E-state index in [9.17, 15) is 4.79 Å². The molecule has 0 saturated heterocycles. The van der Waals surface area contributed by atoms with E-state index < -0.39 is 0 Å². The van der Waals surface area contributed by atoms with E-state index in [-0.39, 0.29) is 28.1 Å². The zero-order valence-corrected chi connectivity index (χ0v) is 11.7. The summed E-state index contributed by atoms with van der Waals surface area (Å²) in [6, 6.07) is 5.54. The molecule has 20 heavy (non-hydrogen) atoms. The first-order chi connectivity index (χ1) is 9.55. The lowest BCUT2D eigenvalue weighted by Gasteiger charge is -2.12. The largest absolute Gasteiger partial charge is 0.383 e. The van der Waals surface area contributed by atoms with Crippen molar-refractivity contribution in [2.75, 3.05) is 5.73 Å². The Morgan fingerprint density at radius 2 is 2.15 bits per heavy atom. The molecule has 102 valence electrons. The minimum atomic E-state index is -0.373. The quantitative estimate of drug-likeness (QED) is 0.803. The molecule has 0 radical (unpaired) electrons. The molecule has 3 N–H and O–H groups in total. The molecule has 1 aromatic rings. The Morgan fingerprint density at radius 3 is 2.70 bits per heavy atom. The molecule has 1 aliphatic rings. The second kappa shape index (κ2) is 5.81. The summed E-state index contributed by atoms with van der Waals surface area (Å²) in [4.78, 5) is 15.9. The normalized spacial score (nSPS) is 14.9. The SMILES string of the molecule is C[C@@H](Sc1nc(N)c(C#N)cc1C#N)C(=O)NC1CC1. The number of rotatable bonds is 4. The third kappa shape index (κ3) is 3.19. The lowest BCUT2D eigenvalue weighted by atomic mass is 10.2. The van der Waals surface area contributed by atoms with Crippen LogP contribution in [0.4, 0.5) is 5.82 Å². The molecule has 6 nitrogen and oxygen atoms in total. The van der Waals surface area contributed by atoms with Crippen LogP contribution in [0.2, 0.25) is 0 Å². The van der Waals surface area contributed by atoms with E-state index in [1.807, 2.05) is 12.1 Å². The van der Waals surface area contributed by atoms with Crippen LogP contribution in [0.1, 0.15) is 30.9 Å². The van der Waals surface area contributed by atoms with Gasteiger partial charge in [-0.25, -0.2) is 4.98 Å². The van der Waals surface area contributed by atoms with E-state index in [1.54, 1.807) is 6.92 Å². The number of anilines is 1. The molecule has 0 unspecified atom stereocenters. The monoisotopic (exact) mass is 287 g/mol. The van der Waals surface area contributed by atoms with Crippen molar-refractivity contribution in [2.45, 2.75) is 36.1 Å². The number of nitriles is 2. The van der Waals surface area contributed by atoms with Crippen molar-refractivity contribution >= 4 is 23.5 Å². The van der Waals surface area contributed by atoms with Gasteiger partial charge in [0, 0.05) is 6.04 Å². The van der Waals surface area contributed by atoms with Gasteiger partial charge >= 0.3 is 0 Å². The van der Waals surface area contributed by atoms with Crippen molar-refractivity contribution in [3.63, 3.8) is 0 Å². The van der Waals surface area contributed by atoms with Crippen LogP contribution in [0.3, 0.4) is 0 Å². The topological polar surface area (TPSA) is 116 Å². The summed E-state index contributed by atoms with van der Waals surface area (Å²) < 4.78 is 0. The fourth-order valence-corrected chi connectivity index (χ4v) is 2.43. The molecule has 1 heterocycles. The highest BCUT2D eigenvalue weighted by Gasteiger charge is 2.26. The average Bonchev–Trinajstić information content (AvgIpc) is 3.23. The van der Waals surface area contributed by atoms with Crippen LogP contribution < -0.4 is 11.1 Å². The molecule has 1 saturated carbocycles. The van der Waals surface area contributed by atoms with Gasteiger partial charge in [-0.1, -0.05) is 11.8 Å². The summed E-state index contributed by atoms with van der Waals surface area (Å²) >= 11 is 1.17. The Bertz CT molecular complexity index is 627. The van der Waals surface area contributed by atoms with Crippen molar-refractivity contribution in [3.05, 3.63) is 17.2 Å². The standard InChI is InChI=1S/C13H13N5OS/c1-7(12(19)17-10-2-3-10)20-13-9(6-15)4-8(5-14)11(16)18-13/h4,7,10H,2-3H2,1H3,(H2,16,18)(H,17,19)/t7-/m1/s1. The molecule has 1 aliphatic carbocycles. The van der Waals surface area contributed by atoms with Gasteiger partial charge in [0.1, 0.15) is 23.0 Å². The molecule has 0 aliphatic heterocycles. The van der Waals surface area contributed by atoms with Crippen LogP contribution in [0.25, 0.3) is 0 Å². The number of amides is 1. The molecule has 0 spiro atoms. The van der Waals surface area contributed by atoms with E-state index in [1.165, 1.54) is 17.8 Å². The lowest BCUT2D eigenvalue weighted by Crippen LogP contribution is -2.32. The minimum Gasteiger partial charge on any atom is -0.383 e. The summed E-state index contributed by atoms with van der Waals surface area (Å²) in [5.74, 6) is -0.00470. The maximum Gasteiger partial charge on any atom is 0.233 e. The number of nitrogens with two attached hydrogens (primary N) is 1. The van der Waals surface area contributed by atoms with Gasteiger partial charge in [0.25, 0.3) is 0 Å². The van der Waals surface area contributed by atoms with Gasteiger partial charge in [-0.2, -0.15) is 10.5 Å². The van der Waals surface area contributed by atoms with Crippen molar-refractivity contribution < 1.29 is 4.79 Å². The van der Waals surface area contributed by atoms with Crippen molar-refractivity contribution in [1.82, 2.24) is 10.3 Å². The zero-order chi connectivity index (χ0) is 14.7. The number of nitrogen functional groups attached to an aromatic ring is 1. The Morgan fingerprint density at radius 1 is 1.50 bits per heavy atom. The summed E-state index contributed by atoms with van der Waals surface area (Å²) in [6.07, 6.45) is 2.04. The Kier molecular flexibility index (Phi) is 4.11. The second-order valence-corrected chi connectivity index (χ2v) is 5.87. The van der Waals surface area contributed by atoms with Crippen LogP contribution in [0.15, 0.2) is 11.1 Å². The molecule has 2 rings (SSSR count). The number of hydrogen-bond acceptors (Lipinski definition) is 6. The van der Waals surface area contributed by atoms with Crippen molar-refractivity contribution in [3.8, 4) is 12.1 Å². The zero-order valence-electron chi connectivity index (χ0n) is 10.9. The van der Waals surface area contributed by atoms with Gasteiger partial charge < -0.3 is 11.1 Å². The highest BCUT2D eigenvalue weighted by atomic mass is 32.2. The molecular formula is C13H13N5OS. The molecular weight excluding hydrogens is 274 g/mol. The number of hydrogen-bond donors (Lipinski definition) is 2. The highest BCUT2D eigenvalue weighted by molar-refractivity contribution is 8.00. The molecule has 1 atom stereocenters. The van der Waals surface area contributed by atoms with E-state index in [4.69, 9.17) is 16.3 Å². The van der Waals surface area contributed by atoms with Crippen LogP contribution in [-0.2, 0) is 4.79 Å². The van der Waals surface area contributed by atoms with Gasteiger partial charge in [0.2, 0.25) is 5.91 Å². The van der Waals surface area contributed by atoms with Crippen molar-refractivity contribution in [1.29, 1.82) is 10.5 Å². The van der Waals surface area contributed by atoms with Gasteiger partial charge in [0.15, 0.2) is 0 Å². The first-order valence-electron chi connectivity index (χ1n) is 6.13. The van der Waals surface area contributed by atoms with Crippen LogP contribution in [-0.4, -0.2) is 22.2 Å². The van der Waals surface area contributed by atoms with Gasteiger partial charge in [-0.3, -0.25) is 4.79 Å². The predicted molar refractivity (Wildman–Crippen MR) is 74.6 cm³/mol. The molecule has 1 fully saturated rings. The molecule has 0 aromatic carbocycles. The molecule has 1 aromatic heterocycles. The number of pyridine rings is 1. The number of thioether (sulfide) groups is 1. The fraction of sp³-hybridized carbons (Fsp3) is 0.385. The summed E-state index contributed by atoms with van der Waals surface area (Å²) in [5, 5.41) is 20.8. The third-order valence-corrected chi connectivity index (χ3v) is 3.94. The fourth-order valence-electron chi connectivity index (χ4n) is 1.54. The van der Waals surface area contributed by atoms with E-state index >= 15 is 0 Å². The maximum absolute atomic E-state index is 11.9. The highest BCUT2D eigenvalue weighted by Crippen LogP contribution is 2.28. The molecule has 0 bridgehead atoms. The van der Waals surface area contributed by atoms with Crippen LogP contribution >= 0.6 is 11.8 Å². The van der Waals surface area contributed by atoms with E-state index in [0.29, 0.717) is 11.1 Å². The summed E-state index contributed by atoms with van der Waals surface area (Å²) in [7, 11) is 0. The first-order valence-corrected chi connectivity index (χ1v) is 7.01. The number of nitrogens with one attached hydrogen (secondary N) is 1. The van der Waals surface area contributed by atoms with Gasteiger partial charge in [-0.05, 0) is 25.8 Å². The first kappa shape index (κ1) is 14.2. The number of carbonyl (C=O) groups excluding carboxylic acids is 1. The number of carbonyl (C=O) groups is 1. The smallest absolute Gasteiger partial charge is 0.233 e. The minimum absolute atomic E-state index is 0.0730. The third-order valence-electron chi connectivity index (χ3n) is 2.84. The Balaban J connectivity index is 2.15. The lowest BCUT2D eigenvalue weighted by molar-refractivity contribution is -0.120. The Hall–Kier alpha value is -2.25. The Labute approximate surface area is 121 Å². The van der Waals surface area contributed by atoms with Gasteiger partial charge in [0.05, 0.1) is 16.4 Å². The van der Waals surface area contributed by atoms with Crippen molar-refractivity contribution in [2.24, 2.45) is 0 Å². The van der Waals surface area contributed by atoms with E-state index in [2.05, 4.69) is 10.3 Å². The number of aromatic nitrogens is 1. The molecule has 7 heteroatoms. The van der Waals surface area contributed by atoms with Gasteiger partial charge in [-0.15, -0.1) is 0 Å². The van der Waals surface area contributed by atoms with Crippen LogP contribution in [0.5, 0.6) is 0 Å². The van der Waals surface area contributed by atoms with E-state index in [0.717, 1.165) is 12.8 Å². The summed E-state index contributed by atoms with van der Waals surface area (Å²) in [5.41, 5.74) is 6.07. The second-order valence-electron chi connectivity index (χ2n) is 4.54.